The fourth-order valence-corrected chi connectivity index (χ4v) is 2.89. The third-order valence-electron chi connectivity index (χ3n) is 4.59. The summed E-state index contributed by atoms with van der Waals surface area (Å²) in [6.07, 6.45) is -0.0351. The highest BCUT2D eigenvalue weighted by Gasteiger charge is 2.34. The molecule has 0 aliphatic rings. The summed E-state index contributed by atoms with van der Waals surface area (Å²) in [6, 6.07) is 10.6. The second-order valence-corrected chi connectivity index (χ2v) is 7.55. The highest BCUT2D eigenvalue weighted by atomic mass is 16.6. The molecule has 2 N–H and O–H groups in total. The van der Waals surface area contributed by atoms with E-state index in [4.69, 9.17) is 18.9 Å². The molecule has 0 radical (unpaired) electrons. The van der Waals surface area contributed by atoms with Gasteiger partial charge >= 0.3 is 0 Å². The summed E-state index contributed by atoms with van der Waals surface area (Å²) in [5, 5.41) is 20.8. The van der Waals surface area contributed by atoms with Gasteiger partial charge in [-0.05, 0) is 41.3 Å². The lowest BCUT2D eigenvalue weighted by Gasteiger charge is -2.30. The largest absolute Gasteiger partial charge is 0.493 e. The summed E-state index contributed by atoms with van der Waals surface area (Å²) in [5.74, 6) is 0.0930. The highest BCUT2D eigenvalue weighted by molar-refractivity contribution is 5.47. The number of ether oxygens (including phenoxy) is 4. The van der Waals surface area contributed by atoms with E-state index in [1.807, 2.05) is 12.1 Å². The number of aliphatic hydroxyl groups excluding tert-OH is 1. The fourth-order valence-electron chi connectivity index (χ4n) is 2.89. The number of rotatable bonds is 8. The van der Waals surface area contributed by atoms with Crippen LogP contribution in [-0.4, -0.2) is 38.1 Å². The maximum absolute atomic E-state index is 11.2. The standard InChI is InChI=1S/C22H30O6/c1-21(2,3)15-7-10-18(20(13-15)27-6)28-22(24,11-12-23)16-8-9-17(25-4)19(14-16)26-5/h7-10,13-14,23-24H,11-12H2,1-6H3. The van der Waals surface area contributed by atoms with Gasteiger partial charge in [0.1, 0.15) is 0 Å². The van der Waals surface area contributed by atoms with Gasteiger partial charge in [-0.2, -0.15) is 0 Å². The van der Waals surface area contributed by atoms with E-state index >= 15 is 0 Å². The van der Waals surface area contributed by atoms with E-state index in [1.54, 1.807) is 31.4 Å². The Morgan fingerprint density at radius 2 is 1.25 bits per heavy atom. The minimum atomic E-state index is -1.77. The molecular weight excluding hydrogens is 360 g/mol. The van der Waals surface area contributed by atoms with Gasteiger partial charge in [-0.1, -0.05) is 26.8 Å². The third kappa shape index (κ3) is 4.69. The monoisotopic (exact) mass is 390 g/mol. The van der Waals surface area contributed by atoms with Gasteiger partial charge in [0.25, 0.3) is 0 Å². The summed E-state index contributed by atoms with van der Waals surface area (Å²) in [7, 11) is 4.60. The van der Waals surface area contributed by atoms with Crippen LogP contribution in [0.1, 0.15) is 38.3 Å². The van der Waals surface area contributed by atoms with E-state index in [9.17, 15) is 10.2 Å². The summed E-state index contributed by atoms with van der Waals surface area (Å²) in [4.78, 5) is 0. The topological polar surface area (TPSA) is 77.4 Å². The van der Waals surface area contributed by atoms with Crippen molar-refractivity contribution < 1.29 is 29.2 Å². The maximum Gasteiger partial charge on any atom is 0.237 e. The SMILES string of the molecule is COc1ccc(C(O)(CCO)Oc2ccc(C(C)(C)C)cc2OC)cc1OC. The Balaban J connectivity index is 2.47. The van der Waals surface area contributed by atoms with Gasteiger partial charge in [-0.15, -0.1) is 0 Å². The Morgan fingerprint density at radius 1 is 0.750 bits per heavy atom. The van der Waals surface area contributed by atoms with Crippen molar-refractivity contribution in [1.29, 1.82) is 0 Å². The predicted octanol–water partition coefficient (Wildman–Crippen LogP) is 3.62. The Labute approximate surface area is 166 Å². The van der Waals surface area contributed by atoms with Gasteiger partial charge in [0.2, 0.25) is 5.79 Å². The number of hydrogen-bond acceptors (Lipinski definition) is 6. The van der Waals surface area contributed by atoms with Crippen LogP contribution in [0.4, 0.5) is 0 Å². The lowest BCUT2D eigenvalue weighted by molar-refractivity contribution is -0.158. The third-order valence-corrected chi connectivity index (χ3v) is 4.59. The summed E-state index contributed by atoms with van der Waals surface area (Å²) in [6.45, 7) is 6.04. The molecule has 0 heterocycles. The van der Waals surface area contributed by atoms with Crippen molar-refractivity contribution in [3.8, 4) is 23.0 Å². The van der Waals surface area contributed by atoms with Crippen molar-refractivity contribution in [2.45, 2.75) is 38.4 Å². The molecule has 0 spiro atoms. The fraction of sp³-hybridized carbons (Fsp3) is 0.455. The molecule has 0 aromatic heterocycles. The lowest BCUT2D eigenvalue weighted by atomic mass is 9.87. The average Bonchev–Trinajstić information content (AvgIpc) is 2.66. The van der Waals surface area contributed by atoms with Gasteiger partial charge in [-0.25, -0.2) is 0 Å². The van der Waals surface area contributed by atoms with E-state index in [0.717, 1.165) is 5.56 Å². The molecule has 0 amide bonds. The van der Waals surface area contributed by atoms with Crippen LogP contribution in [0.15, 0.2) is 36.4 Å². The first-order chi connectivity index (χ1) is 13.2. The minimum absolute atomic E-state index is 0.0351. The van der Waals surface area contributed by atoms with E-state index in [-0.39, 0.29) is 18.4 Å². The molecule has 2 aromatic rings. The van der Waals surface area contributed by atoms with Gasteiger partial charge in [0, 0.05) is 18.6 Å². The molecule has 1 unspecified atom stereocenters. The molecule has 6 heteroatoms. The molecule has 0 bridgehead atoms. The Morgan fingerprint density at radius 3 is 1.79 bits per heavy atom. The predicted molar refractivity (Wildman–Crippen MR) is 107 cm³/mol. The molecule has 0 aliphatic heterocycles. The maximum atomic E-state index is 11.2. The van der Waals surface area contributed by atoms with Gasteiger partial charge in [0.15, 0.2) is 23.0 Å². The zero-order chi connectivity index (χ0) is 20.9. The van der Waals surface area contributed by atoms with Crippen molar-refractivity contribution in [2.75, 3.05) is 27.9 Å². The minimum Gasteiger partial charge on any atom is -0.493 e. The van der Waals surface area contributed by atoms with Crippen LogP contribution in [0.5, 0.6) is 23.0 Å². The Bertz CT molecular complexity index is 796. The van der Waals surface area contributed by atoms with Crippen LogP contribution in [-0.2, 0) is 11.2 Å². The Kier molecular flexibility index (Phi) is 6.80. The number of methoxy groups -OCH3 is 3. The molecule has 28 heavy (non-hydrogen) atoms. The molecule has 0 fully saturated rings. The summed E-state index contributed by atoms with van der Waals surface area (Å²) in [5.41, 5.74) is 1.45. The quantitative estimate of drug-likeness (QED) is 0.671. The van der Waals surface area contributed by atoms with Crippen LogP contribution < -0.4 is 18.9 Å². The molecule has 0 saturated heterocycles. The van der Waals surface area contributed by atoms with Crippen molar-refractivity contribution >= 4 is 0 Å². The first kappa shape index (κ1) is 21.9. The van der Waals surface area contributed by atoms with Crippen LogP contribution in [0.2, 0.25) is 0 Å². The van der Waals surface area contributed by atoms with E-state index < -0.39 is 5.79 Å². The highest BCUT2D eigenvalue weighted by Crippen LogP contribution is 2.39. The van der Waals surface area contributed by atoms with Crippen molar-refractivity contribution in [2.24, 2.45) is 0 Å². The van der Waals surface area contributed by atoms with Crippen LogP contribution >= 0.6 is 0 Å². The number of hydrogen-bond donors (Lipinski definition) is 2. The molecule has 2 aromatic carbocycles. The summed E-state index contributed by atoms with van der Waals surface area (Å²) >= 11 is 0. The molecule has 1 atom stereocenters. The molecule has 0 aliphatic carbocycles. The van der Waals surface area contributed by atoms with Crippen LogP contribution in [0.3, 0.4) is 0 Å². The normalized spacial score (nSPS) is 13.6. The van der Waals surface area contributed by atoms with E-state index in [0.29, 0.717) is 28.6 Å². The summed E-state index contributed by atoms with van der Waals surface area (Å²) < 4.78 is 22.0. The number of benzene rings is 2. The Hall–Kier alpha value is -2.44. The molecular formula is C22H30O6. The van der Waals surface area contributed by atoms with Crippen LogP contribution in [0.25, 0.3) is 0 Å². The lowest BCUT2D eigenvalue weighted by Crippen LogP contribution is -2.34. The van der Waals surface area contributed by atoms with Gasteiger partial charge < -0.3 is 29.2 Å². The van der Waals surface area contributed by atoms with Crippen LogP contribution in [0, 0.1) is 0 Å². The molecule has 154 valence electrons. The van der Waals surface area contributed by atoms with Gasteiger partial charge in [0.05, 0.1) is 21.3 Å². The van der Waals surface area contributed by atoms with E-state index in [1.165, 1.54) is 14.2 Å². The van der Waals surface area contributed by atoms with E-state index in [2.05, 4.69) is 20.8 Å². The first-order valence-electron chi connectivity index (χ1n) is 9.11. The number of aliphatic hydroxyl groups is 2. The van der Waals surface area contributed by atoms with Gasteiger partial charge in [-0.3, -0.25) is 0 Å². The second kappa shape index (κ2) is 8.71. The molecule has 0 saturated carbocycles. The van der Waals surface area contributed by atoms with Crippen molar-refractivity contribution in [3.05, 3.63) is 47.5 Å². The first-order valence-corrected chi connectivity index (χ1v) is 9.11. The molecule has 2 rings (SSSR count). The van der Waals surface area contributed by atoms with Crippen molar-refractivity contribution in [1.82, 2.24) is 0 Å². The second-order valence-electron chi connectivity index (χ2n) is 7.55. The van der Waals surface area contributed by atoms with Crippen molar-refractivity contribution in [3.63, 3.8) is 0 Å². The molecule has 6 nitrogen and oxygen atoms in total. The zero-order valence-electron chi connectivity index (χ0n) is 17.4. The average molecular weight is 390 g/mol. The zero-order valence-corrected chi connectivity index (χ0v) is 17.4. The smallest absolute Gasteiger partial charge is 0.237 e.